The highest BCUT2D eigenvalue weighted by atomic mass is 31.2. The Hall–Kier alpha value is -6.47. The SMILES string of the molecule is O=P1(c2ccccc2)c2ccccc2-c2cc3c(cc21)c1ccccc1n3-c1ccc2c(-c3ccccc3)c3ccccc3c(-c3ccccc3)c2c1. The second-order valence-corrected chi connectivity index (χ2v) is 16.7. The van der Waals surface area contributed by atoms with E-state index in [9.17, 15) is 0 Å². The van der Waals surface area contributed by atoms with Crippen molar-refractivity contribution < 1.29 is 4.57 Å². The molecule has 0 radical (unpaired) electrons. The van der Waals surface area contributed by atoms with Gasteiger partial charge in [0.2, 0.25) is 0 Å². The Labute approximate surface area is 307 Å². The lowest BCUT2D eigenvalue weighted by Crippen LogP contribution is -2.20. The highest BCUT2D eigenvalue weighted by Crippen LogP contribution is 2.54. The monoisotopic (exact) mass is 693 g/mol. The molecule has 0 N–H and O–H groups in total. The summed E-state index contributed by atoms with van der Waals surface area (Å²) in [5.74, 6) is 0. The largest absolute Gasteiger partial charge is 0.309 e. The highest BCUT2D eigenvalue weighted by molar-refractivity contribution is 7.86. The number of benzene rings is 9. The fraction of sp³-hybridized carbons (Fsp3) is 0. The first kappa shape index (κ1) is 30.2. The van der Waals surface area contributed by atoms with E-state index in [1.165, 1.54) is 43.8 Å². The van der Waals surface area contributed by atoms with Crippen LogP contribution in [0.1, 0.15) is 0 Å². The number of fused-ring (bicyclic) bond motifs is 8. The van der Waals surface area contributed by atoms with Gasteiger partial charge in [0.05, 0.1) is 11.0 Å². The van der Waals surface area contributed by atoms with Crippen LogP contribution in [0.15, 0.2) is 194 Å². The number of aromatic nitrogens is 1. The average Bonchev–Trinajstić information content (AvgIpc) is 3.69. The standard InChI is InChI=1S/C50H32NOP/c52-53(36-20-8-3-9-21-36)47-27-15-13-23-38(47)43-31-46-42(32-48(43)53)37-22-12-14-26-45(37)51(46)35-28-29-41-44(30-35)50(34-18-6-2-7-19-34)40-25-11-10-24-39(40)49(41)33-16-4-1-5-17-33/h1-32H. The van der Waals surface area contributed by atoms with Crippen LogP contribution in [-0.4, -0.2) is 4.57 Å². The predicted molar refractivity (Wildman–Crippen MR) is 225 cm³/mol. The zero-order valence-corrected chi connectivity index (χ0v) is 29.7. The molecule has 1 atom stereocenters. The summed E-state index contributed by atoms with van der Waals surface area (Å²) in [6.07, 6.45) is 0. The molecule has 0 fully saturated rings. The first-order chi connectivity index (χ1) is 26.2. The molecule has 0 amide bonds. The molecule has 0 bridgehead atoms. The maximum Gasteiger partial charge on any atom is 0.172 e. The van der Waals surface area contributed by atoms with Crippen LogP contribution in [0.25, 0.3) is 82.4 Å². The lowest BCUT2D eigenvalue weighted by Gasteiger charge is -2.19. The fourth-order valence-corrected chi connectivity index (χ4v) is 12.0. The van der Waals surface area contributed by atoms with Gasteiger partial charge < -0.3 is 9.13 Å². The minimum Gasteiger partial charge on any atom is -0.309 e. The van der Waals surface area contributed by atoms with E-state index in [2.05, 4.69) is 162 Å². The minimum atomic E-state index is -3.09. The Morgan fingerprint density at radius 3 is 1.60 bits per heavy atom. The van der Waals surface area contributed by atoms with E-state index in [0.717, 1.165) is 54.5 Å². The minimum absolute atomic E-state index is 0.874. The van der Waals surface area contributed by atoms with Crippen molar-refractivity contribution >= 4 is 66.4 Å². The van der Waals surface area contributed by atoms with E-state index < -0.39 is 7.14 Å². The number of para-hydroxylation sites is 1. The van der Waals surface area contributed by atoms with Crippen molar-refractivity contribution in [3.8, 4) is 39.1 Å². The first-order valence-electron chi connectivity index (χ1n) is 18.1. The molecule has 53 heavy (non-hydrogen) atoms. The van der Waals surface area contributed by atoms with E-state index in [1.807, 2.05) is 36.4 Å². The van der Waals surface area contributed by atoms with Gasteiger partial charge in [-0.25, -0.2) is 0 Å². The smallest absolute Gasteiger partial charge is 0.172 e. The molecular weight excluding hydrogens is 662 g/mol. The van der Waals surface area contributed by atoms with Gasteiger partial charge in [-0.1, -0.05) is 164 Å². The normalized spacial score (nSPS) is 14.9. The molecule has 0 aliphatic carbocycles. The lowest BCUT2D eigenvalue weighted by molar-refractivity contribution is 0.593. The van der Waals surface area contributed by atoms with Crippen LogP contribution in [0.4, 0.5) is 0 Å². The summed E-state index contributed by atoms with van der Waals surface area (Å²) >= 11 is 0. The van der Waals surface area contributed by atoms with Crippen LogP contribution in [0.2, 0.25) is 0 Å². The summed E-state index contributed by atoms with van der Waals surface area (Å²) in [6, 6.07) is 68.8. The summed E-state index contributed by atoms with van der Waals surface area (Å²) in [7, 11) is -3.09. The van der Waals surface area contributed by atoms with E-state index in [1.54, 1.807) is 0 Å². The van der Waals surface area contributed by atoms with Gasteiger partial charge in [-0.05, 0) is 85.3 Å². The molecule has 2 nitrogen and oxygen atoms in total. The summed E-state index contributed by atoms with van der Waals surface area (Å²) in [4.78, 5) is 0. The molecule has 10 aromatic rings. The van der Waals surface area contributed by atoms with Crippen LogP contribution in [0.3, 0.4) is 0 Å². The van der Waals surface area contributed by atoms with E-state index in [4.69, 9.17) is 0 Å². The molecular formula is C50H32NOP. The predicted octanol–water partition coefficient (Wildman–Crippen LogP) is 12.0. The molecule has 1 unspecified atom stereocenters. The number of rotatable bonds is 4. The van der Waals surface area contributed by atoms with E-state index in [-0.39, 0.29) is 0 Å². The molecule has 0 saturated heterocycles. The Morgan fingerprint density at radius 2 is 0.906 bits per heavy atom. The van der Waals surface area contributed by atoms with Crippen molar-refractivity contribution in [2.75, 3.05) is 0 Å². The maximum atomic E-state index is 15.5. The van der Waals surface area contributed by atoms with Gasteiger partial charge in [0.15, 0.2) is 7.14 Å². The molecule has 0 saturated carbocycles. The molecule has 1 aliphatic heterocycles. The zero-order valence-electron chi connectivity index (χ0n) is 28.8. The summed E-state index contributed by atoms with van der Waals surface area (Å²) in [6.45, 7) is 0. The van der Waals surface area contributed by atoms with Crippen LogP contribution in [-0.2, 0) is 4.57 Å². The third kappa shape index (κ3) is 4.31. The van der Waals surface area contributed by atoms with Crippen molar-refractivity contribution in [3.05, 3.63) is 194 Å². The third-order valence-electron chi connectivity index (χ3n) is 11.2. The molecule has 3 heteroatoms. The van der Waals surface area contributed by atoms with Crippen LogP contribution in [0, 0.1) is 0 Å². The van der Waals surface area contributed by atoms with Crippen molar-refractivity contribution in [2.24, 2.45) is 0 Å². The molecule has 248 valence electrons. The Balaban J connectivity index is 1.25. The van der Waals surface area contributed by atoms with Crippen molar-refractivity contribution in [1.29, 1.82) is 0 Å². The molecule has 9 aromatic carbocycles. The van der Waals surface area contributed by atoms with E-state index >= 15 is 4.57 Å². The van der Waals surface area contributed by atoms with Crippen molar-refractivity contribution in [2.45, 2.75) is 0 Å². The Kier molecular flexibility index (Phi) is 6.56. The number of hydrogen-bond acceptors (Lipinski definition) is 1. The van der Waals surface area contributed by atoms with E-state index in [0.29, 0.717) is 0 Å². The van der Waals surface area contributed by atoms with Gasteiger partial charge in [-0.3, -0.25) is 0 Å². The fourth-order valence-electron chi connectivity index (χ4n) is 8.92. The number of hydrogen-bond donors (Lipinski definition) is 0. The van der Waals surface area contributed by atoms with Gasteiger partial charge in [0, 0.05) is 32.4 Å². The summed E-state index contributed by atoms with van der Waals surface area (Å²) in [5.41, 5.74) is 10.3. The van der Waals surface area contributed by atoms with Gasteiger partial charge in [0.25, 0.3) is 0 Å². The lowest BCUT2D eigenvalue weighted by atomic mass is 9.86. The zero-order chi connectivity index (χ0) is 35.1. The van der Waals surface area contributed by atoms with Gasteiger partial charge in [-0.2, -0.15) is 0 Å². The van der Waals surface area contributed by atoms with Crippen LogP contribution in [0.5, 0.6) is 0 Å². The number of nitrogens with zero attached hydrogens (tertiary/aromatic N) is 1. The highest BCUT2D eigenvalue weighted by Gasteiger charge is 2.40. The molecule has 1 aliphatic rings. The summed E-state index contributed by atoms with van der Waals surface area (Å²) in [5, 5.41) is 9.87. The van der Waals surface area contributed by atoms with Gasteiger partial charge >= 0.3 is 0 Å². The van der Waals surface area contributed by atoms with Crippen molar-refractivity contribution in [1.82, 2.24) is 4.57 Å². The third-order valence-corrected chi connectivity index (χ3v) is 14.3. The second kappa shape index (κ2) is 11.5. The maximum absolute atomic E-state index is 15.5. The van der Waals surface area contributed by atoms with Gasteiger partial charge in [0.1, 0.15) is 0 Å². The molecule has 11 rings (SSSR count). The van der Waals surface area contributed by atoms with Crippen LogP contribution < -0.4 is 15.9 Å². The molecule has 0 spiro atoms. The molecule has 2 heterocycles. The molecule has 1 aromatic heterocycles. The van der Waals surface area contributed by atoms with Gasteiger partial charge in [-0.15, -0.1) is 0 Å². The second-order valence-electron chi connectivity index (χ2n) is 14.0. The van der Waals surface area contributed by atoms with Crippen LogP contribution >= 0.6 is 7.14 Å². The topological polar surface area (TPSA) is 22.0 Å². The first-order valence-corrected chi connectivity index (χ1v) is 19.8. The quantitative estimate of drug-likeness (QED) is 0.133. The Bertz CT molecular complexity index is 3130. The Morgan fingerprint density at radius 1 is 0.358 bits per heavy atom. The average molecular weight is 694 g/mol. The van der Waals surface area contributed by atoms with Crippen molar-refractivity contribution in [3.63, 3.8) is 0 Å². The summed E-state index contributed by atoms with van der Waals surface area (Å²) < 4.78 is 17.9.